The van der Waals surface area contributed by atoms with E-state index in [0.717, 1.165) is 44.7 Å². The Hall–Kier alpha value is -0.800. The second-order valence-electron chi connectivity index (χ2n) is 4.36. The maximum absolute atomic E-state index is 6.07. The lowest BCUT2D eigenvalue weighted by Crippen LogP contribution is -2.37. The topological polar surface area (TPSA) is 42.4 Å². The van der Waals surface area contributed by atoms with E-state index < -0.39 is 0 Å². The number of hydrogen-bond donors (Lipinski definition) is 1. The Morgan fingerprint density at radius 2 is 2.19 bits per heavy atom. The van der Waals surface area contributed by atoms with Gasteiger partial charge in [-0.05, 0) is 31.5 Å². The molecule has 0 aliphatic heterocycles. The predicted octanol–water partition coefficient (Wildman–Crippen LogP) is 2.62. The van der Waals surface area contributed by atoms with E-state index in [2.05, 4.69) is 18.7 Å². The van der Waals surface area contributed by atoms with Gasteiger partial charge >= 0.3 is 0 Å². The van der Waals surface area contributed by atoms with Gasteiger partial charge in [-0.3, -0.25) is 4.90 Å². The molecule has 0 spiro atoms. The van der Waals surface area contributed by atoms with Gasteiger partial charge in [-0.25, -0.2) is 0 Å². The first-order valence-corrected chi connectivity index (χ1v) is 6.26. The smallest absolute Gasteiger partial charge is 0.117 e. The molecule has 0 fully saturated rings. The zero-order chi connectivity index (χ0) is 11.8. The summed E-state index contributed by atoms with van der Waals surface area (Å²) in [5, 5.41) is 0. The number of nitrogens with two attached hydrogens (primary N) is 1. The molecule has 16 heavy (non-hydrogen) atoms. The van der Waals surface area contributed by atoms with Crippen LogP contribution in [0.4, 0.5) is 0 Å². The van der Waals surface area contributed by atoms with E-state index >= 15 is 0 Å². The van der Waals surface area contributed by atoms with Crippen LogP contribution >= 0.6 is 0 Å². The summed E-state index contributed by atoms with van der Waals surface area (Å²) in [5.41, 5.74) is 6.07. The predicted molar refractivity (Wildman–Crippen MR) is 67.2 cm³/mol. The fraction of sp³-hybridized carbons (Fsp3) is 0.692. The van der Waals surface area contributed by atoms with E-state index in [-0.39, 0.29) is 6.04 Å². The third-order valence-corrected chi connectivity index (χ3v) is 2.65. The van der Waals surface area contributed by atoms with Crippen molar-refractivity contribution in [1.82, 2.24) is 4.90 Å². The van der Waals surface area contributed by atoms with Crippen molar-refractivity contribution in [3.05, 3.63) is 24.2 Å². The molecule has 92 valence electrons. The molecular formula is C13H24N2O. The van der Waals surface area contributed by atoms with Gasteiger partial charge in [-0.2, -0.15) is 0 Å². The van der Waals surface area contributed by atoms with E-state index in [9.17, 15) is 0 Å². The summed E-state index contributed by atoms with van der Waals surface area (Å²) in [6, 6.07) is 4.24. The van der Waals surface area contributed by atoms with Crippen molar-refractivity contribution >= 4 is 0 Å². The van der Waals surface area contributed by atoms with Gasteiger partial charge in [0.1, 0.15) is 5.76 Å². The first-order valence-electron chi connectivity index (χ1n) is 6.26. The lowest BCUT2D eigenvalue weighted by atomic mass is 10.1. The molecule has 0 amide bonds. The van der Waals surface area contributed by atoms with Crippen LogP contribution in [0.3, 0.4) is 0 Å². The van der Waals surface area contributed by atoms with Crippen molar-refractivity contribution in [2.75, 3.05) is 13.1 Å². The fourth-order valence-corrected chi connectivity index (χ4v) is 1.97. The van der Waals surface area contributed by atoms with Gasteiger partial charge in [0.15, 0.2) is 0 Å². The highest BCUT2D eigenvalue weighted by Gasteiger charge is 2.11. The number of rotatable bonds is 8. The highest BCUT2D eigenvalue weighted by Crippen LogP contribution is 2.07. The first kappa shape index (κ1) is 13.3. The van der Waals surface area contributed by atoms with Crippen LogP contribution < -0.4 is 5.73 Å². The third-order valence-electron chi connectivity index (χ3n) is 2.65. The molecule has 1 rings (SSSR count). The minimum absolute atomic E-state index is 0.284. The molecule has 0 aromatic carbocycles. The Bertz CT molecular complexity index is 259. The van der Waals surface area contributed by atoms with Crippen LogP contribution in [0.5, 0.6) is 0 Å². The van der Waals surface area contributed by atoms with Crippen LogP contribution in [0.25, 0.3) is 0 Å². The van der Waals surface area contributed by atoms with Crippen molar-refractivity contribution in [3.63, 3.8) is 0 Å². The van der Waals surface area contributed by atoms with Gasteiger partial charge in [-0.1, -0.05) is 20.3 Å². The summed E-state index contributed by atoms with van der Waals surface area (Å²) < 4.78 is 5.37. The van der Waals surface area contributed by atoms with E-state index in [1.54, 1.807) is 6.26 Å². The Kier molecular flexibility index (Phi) is 6.19. The number of hydrogen-bond acceptors (Lipinski definition) is 3. The van der Waals surface area contributed by atoms with Crippen LogP contribution in [0.15, 0.2) is 22.8 Å². The lowest BCUT2D eigenvalue weighted by Gasteiger charge is -2.24. The second kappa shape index (κ2) is 7.47. The molecule has 1 aromatic rings. The average Bonchev–Trinajstić information content (AvgIpc) is 2.71. The highest BCUT2D eigenvalue weighted by atomic mass is 16.3. The molecule has 1 heterocycles. The minimum Gasteiger partial charge on any atom is -0.468 e. The SMILES string of the molecule is CCC[C@H](N)CN(CCC)Cc1ccco1. The van der Waals surface area contributed by atoms with E-state index in [1.807, 2.05) is 12.1 Å². The van der Waals surface area contributed by atoms with Crippen LogP contribution in [-0.2, 0) is 6.54 Å². The van der Waals surface area contributed by atoms with Crippen molar-refractivity contribution < 1.29 is 4.42 Å². The molecular weight excluding hydrogens is 200 g/mol. The summed E-state index contributed by atoms with van der Waals surface area (Å²) in [5.74, 6) is 1.03. The summed E-state index contributed by atoms with van der Waals surface area (Å²) in [4.78, 5) is 2.37. The Balaban J connectivity index is 2.40. The fourth-order valence-electron chi connectivity index (χ4n) is 1.97. The summed E-state index contributed by atoms with van der Waals surface area (Å²) >= 11 is 0. The monoisotopic (exact) mass is 224 g/mol. The lowest BCUT2D eigenvalue weighted by molar-refractivity contribution is 0.226. The maximum Gasteiger partial charge on any atom is 0.117 e. The molecule has 0 saturated carbocycles. The Morgan fingerprint density at radius 3 is 2.75 bits per heavy atom. The van der Waals surface area contributed by atoms with Crippen molar-refractivity contribution in [2.24, 2.45) is 5.73 Å². The highest BCUT2D eigenvalue weighted by molar-refractivity contribution is 4.98. The van der Waals surface area contributed by atoms with Crippen LogP contribution in [0.2, 0.25) is 0 Å². The van der Waals surface area contributed by atoms with Crippen LogP contribution in [0, 0.1) is 0 Å². The van der Waals surface area contributed by atoms with Gasteiger partial charge in [0.25, 0.3) is 0 Å². The van der Waals surface area contributed by atoms with Gasteiger partial charge in [0.05, 0.1) is 12.8 Å². The van der Waals surface area contributed by atoms with Gasteiger partial charge in [-0.15, -0.1) is 0 Å². The summed E-state index contributed by atoms with van der Waals surface area (Å²) in [6.07, 6.45) is 5.13. The van der Waals surface area contributed by atoms with E-state index in [4.69, 9.17) is 10.2 Å². The van der Waals surface area contributed by atoms with Crippen molar-refractivity contribution in [1.29, 1.82) is 0 Å². The molecule has 3 heteroatoms. The first-order chi connectivity index (χ1) is 7.76. The van der Waals surface area contributed by atoms with Gasteiger partial charge in [0.2, 0.25) is 0 Å². The standard InChI is InChI=1S/C13H24N2O/c1-3-6-12(14)10-15(8-4-2)11-13-7-5-9-16-13/h5,7,9,12H,3-4,6,8,10-11,14H2,1-2H3/t12-/m0/s1. The molecule has 3 nitrogen and oxygen atoms in total. The van der Waals surface area contributed by atoms with E-state index in [0.29, 0.717) is 0 Å². The van der Waals surface area contributed by atoms with Crippen LogP contribution in [0.1, 0.15) is 38.9 Å². The molecule has 1 aromatic heterocycles. The molecule has 0 bridgehead atoms. The molecule has 0 aliphatic carbocycles. The molecule has 0 aliphatic rings. The second-order valence-corrected chi connectivity index (χ2v) is 4.36. The van der Waals surface area contributed by atoms with Gasteiger partial charge < -0.3 is 10.2 Å². The summed E-state index contributed by atoms with van der Waals surface area (Å²) in [7, 11) is 0. The Morgan fingerprint density at radius 1 is 1.38 bits per heavy atom. The summed E-state index contributed by atoms with van der Waals surface area (Å²) in [6.45, 7) is 7.29. The van der Waals surface area contributed by atoms with Crippen molar-refractivity contribution in [2.45, 2.75) is 45.7 Å². The molecule has 2 N–H and O–H groups in total. The third kappa shape index (κ3) is 4.81. The number of furan rings is 1. The van der Waals surface area contributed by atoms with Crippen LogP contribution in [-0.4, -0.2) is 24.0 Å². The normalized spacial score (nSPS) is 13.2. The largest absolute Gasteiger partial charge is 0.468 e. The minimum atomic E-state index is 0.284. The number of nitrogens with zero attached hydrogens (tertiary/aromatic N) is 1. The molecule has 1 atom stereocenters. The van der Waals surface area contributed by atoms with Gasteiger partial charge in [0, 0.05) is 12.6 Å². The molecule has 0 saturated heterocycles. The molecule has 0 unspecified atom stereocenters. The maximum atomic E-state index is 6.07. The molecule has 0 radical (unpaired) electrons. The zero-order valence-electron chi connectivity index (χ0n) is 10.5. The van der Waals surface area contributed by atoms with Crippen molar-refractivity contribution in [3.8, 4) is 0 Å². The average molecular weight is 224 g/mol. The quantitative estimate of drug-likeness (QED) is 0.738. The zero-order valence-corrected chi connectivity index (χ0v) is 10.5. The van der Waals surface area contributed by atoms with E-state index in [1.165, 1.54) is 0 Å². The Labute approximate surface area is 98.6 Å².